The number of rotatable bonds is 5. The number of hydrogen-bond acceptors (Lipinski definition) is 3. The van der Waals surface area contributed by atoms with Gasteiger partial charge in [-0.05, 0) is 40.4 Å². The van der Waals surface area contributed by atoms with Crippen molar-refractivity contribution >= 4 is 21.7 Å². The SMILES string of the molecule is CCCNc1nc(-c2cccc(F)c2)nc(C(C)C)c1Br. The van der Waals surface area contributed by atoms with Crippen LogP contribution in [-0.2, 0) is 0 Å². The minimum absolute atomic E-state index is 0.247. The van der Waals surface area contributed by atoms with Gasteiger partial charge in [0.2, 0.25) is 0 Å². The average molecular weight is 352 g/mol. The van der Waals surface area contributed by atoms with Gasteiger partial charge in [-0.15, -0.1) is 0 Å². The Bertz CT molecular complexity index is 629. The molecule has 0 atom stereocenters. The zero-order valence-electron chi connectivity index (χ0n) is 12.5. The second-order valence-corrected chi connectivity index (χ2v) is 5.98. The van der Waals surface area contributed by atoms with Crippen molar-refractivity contribution in [2.45, 2.75) is 33.1 Å². The number of aromatic nitrogens is 2. The van der Waals surface area contributed by atoms with E-state index in [9.17, 15) is 4.39 Å². The Kier molecular flexibility index (Phi) is 5.28. The average Bonchev–Trinajstić information content (AvgIpc) is 2.46. The molecule has 0 spiro atoms. The van der Waals surface area contributed by atoms with Crippen LogP contribution >= 0.6 is 15.9 Å². The van der Waals surface area contributed by atoms with Crippen LogP contribution in [0.1, 0.15) is 38.8 Å². The molecular formula is C16H19BrFN3. The minimum Gasteiger partial charge on any atom is -0.369 e. The summed E-state index contributed by atoms with van der Waals surface area (Å²) in [4.78, 5) is 9.12. The quantitative estimate of drug-likeness (QED) is 0.824. The summed E-state index contributed by atoms with van der Waals surface area (Å²) in [6, 6.07) is 6.36. The van der Waals surface area contributed by atoms with E-state index < -0.39 is 0 Å². The van der Waals surface area contributed by atoms with Crippen LogP contribution in [-0.4, -0.2) is 16.5 Å². The molecule has 5 heteroatoms. The van der Waals surface area contributed by atoms with Crippen molar-refractivity contribution in [3.63, 3.8) is 0 Å². The van der Waals surface area contributed by atoms with E-state index in [0.29, 0.717) is 11.4 Å². The zero-order valence-corrected chi connectivity index (χ0v) is 14.0. The standard InChI is InChI=1S/C16H19BrFN3/c1-4-8-19-16-13(17)14(10(2)3)20-15(21-16)11-6-5-7-12(18)9-11/h5-7,9-10H,4,8H2,1-3H3,(H,19,20,21). The smallest absolute Gasteiger partial charge is 0.161 e. The fourth-order valence-corrected chi connectivity index (χ4v) is 2.74. The van der Waals surface area contributed by atoms with Gasteiger partial charge in [0.25, 0.3) is 0 Å². The summed E-state index contributed by atoms with van der Waals surface area (Å²) >= 11 is 3.57. The third-order valence-corrected chi connectivity index (χ3v) is 3.83. The van der Waals surface area contributed by atoms with Crippen LogP contribution in [0, 0.1) is 5.82 Å². The molecule has 0 bridgehead atoms. The third-order valence-electron chi connectivity index (χ3n) is 3.05. The van der Waals surface area contributed by atoms with Gasteiger partial charge in [0.15, 0.2) is 5.82 Å². The first kappa shape index (κ1) is 15.9. The van der Waals surface area contributed by atoms with Crippen LogP contribution in [0.5, 0.6) is 0 Å². The Morgan fingerprint density at radius 3 is 2.67 bits per heavy atom. The highest BCUT2D eigenvalue weighted by Crippen LogP contribution is 2.31. The van der Waals surface area contributed by atoms with Crippen molar-refractivity contribution in [1.82, 2.24) is 9.97 Å². The van der Waals surface area contributed by atoms with Crippen molar-refractivity contribution < 1.29 is 4.39 Å². The van der Waals surface area contributed by atoms with Gasteiger partial charge < -0.3 is 5.32 Å². The molecule has 0 radical (unpaired) electrons. The van der Waals surface area contributed by atoms with Gasteiger partial charge in [-0.25, -0.2) is 14.4 Å². The summed E-state index contributed by atoms with van der Waals surface area (Å²) in [5, 5.41) is 3.29. The van der Waals surface area contributed by atoms with Gasteiger partial charge in [0.1, 0.15) is 11.6 Å². The number of nitrogens with one attached hydrogen (secondary N) is 1. The second kappa shape index (κ2) is 6.98. The van der Waals surface area contributed by atoms with Gasteiger partial charge in [-0.2, -0.15) is 0 Å². The predicted octanol–water partition coefficient (Wildman–Crippen LogP) is 4.99. The zero-order chi connectivity index (χ0) is 15.4. The van der Waals surface area contributed by atoms with Crippen LogP contribution in [0.15, 0.2) is 28.7 Å². The molecule has 0 unspecified atom stereocenters. The highest BCUT2D eigenvalue weighted by Gasteiger charge is 2.15. The van der Waals surface area contributed by atoms with E-state index in [1.54, 1.807) is 6.07 Å². The van der Waals surface area contributed by atoms with Gasteiger partial charge >= 0.3 is 0 Å². The van der Waals surface area contributed by atoms with Gasteiger partial charge in [0, 0.05) is 12.1 Å². The monoisotopic (exact) mass is 351 g/mol. The number of anilines is 1. The van der Waals surface area contributed by atoms with Crippen molar-refractivity contribution in [3.8, 4) is 11.4 Å². The summed E-state index contributed by atoms with van der Waals surface area (Å²) in [5.41, 5.74) is 1.60. The number of hydrogen-bond donors (Lipinski definition) is 1. The first-order chi connectivity index (χ1) is 10.0. The molecule has 1 aromatic heterocycles. The van der Waals surface area contributed by atoms with Gasteiger partial charge in [-0.3, -0.25) is 0 Å². The fourth-order valence-electron chi connectivity index (χ4n) is 1.96. The summed E-state index contributed by atoms with van der Waals surface area (Å²) in [6.45, 7) is 7.08. The highest BCUT2D eigenvalue weighted by atomic mass is 79.9. The maximum atomic E-state index is 13.4. The topological polar surface area (TPSA) is 37.8 Å². The number of halogens is 2. The predicted molar refractivity (Wildman–Crippen MR) is 88.0 cm³/mol. The van der Waals surface area contributed by atoms with E-state index in [-0.39, 0.29) is 11.7 Å². The van der Waals surface area contributed by atoms with Crippen LogP contribution in [0.3, 0.4) is 0 Å². The van der Waals surface area contributed by atoms with Crippen LogP contribution < -0.4 is 5.32 Å². The molecule has 0 saturated heterocycles. The molecule has 3 nitrogen and oxygen atoms in total. The first-order valence-corrected chi connectivity index (χ1v) is 7.89. The molecule has 1 N–H and O–H groups in total. The lowest BCUT2D eigenvalue weighted by molar-refractivity contribution is 0.628. The lowest BCUT2D eigenvalue weighted by Gasteiger charge is -2.14. The molecule has 0 aliphatic heterocycles. The second-order valence-electron chi connectivity index (χ2n) is 5.19. The van der Waals surface area contributed by atoms with Crippen molar-refractivity contribution in [2.75, 3.05) is 11.9 Å². The van der Waals surface area contributed by atoms with E-state index in [0.717, 1.165) is 29.0 Å². The molecule has 2 aromatic rings. The molecule has 0 aliphatic carbocycles. The molecule has 1 heterocycles. The fraction of sp³-hybridized carbons (Fsp3) is 0.375. The Balaban J connectivity index is 2.53. The van der Waals surface area contributed by atoms with Crippen LogP contribution in [0.4, 0.5) is 10.2 Å². The maximum absolute atomic E-state index is 13.4. The summed E-state index contributed by atoms with van der Waals surface area (Å²) in [6.07, 6.45) is 1.00. The van der Waals surface area contributed by atoms with Gasteiger partial charge in [0.05, 0.1) is 10.2 Å². The molecule has 21 heavy (non-hydrogen) atoms. The third kappa shape index (κ3) is 3.79. The normalized spacial score (nSPS) is 11.0. The number of nitrogens with zero attached hydrogens (tertiary/aromatic N) is 2. The van der Waals surface area contributed by atoms with Crippen LogP contribution in [0.2, 0.25) is 0 Å². The Hall–Kier alpha value is -1.49. The lowest BCUT2D eigenvalue weighted by Crippen LogP contribution is -2.08. The van der Waals surface area contributed by atoms with E-state index in [1.807, 2.05) is 6.07 Å². The molecule has 0 amide bonds. The van der Waals surface area contributed by atoms with E-state index in [2.05, 4.69) is 52.0 Å². The molecule has 0 saturated carbocycles. The molecule has 0 fully saturated rings. The van der Waals surface area contributed by atoms with Crippen molar-refractivity contribution in [1.29, 1.82) is 0 Å². The van der Waals surface area contributed by atoms with Gasteiger partial charge in [-0.1, -0.05) is 32.9 Å². The summed E-state index contributed by atoms with van der Waals surface area (Å²) in [5.74, 6) is 1.26. The molecule has 112 valence electrons. The molecule has 0 aliphatic rings. The largest absolute Gasteiger partial charge is 0.369 e. The summed E-state index contributed by atoms with van der Waals surface area (Å²) < 4.78 is 14.3. The molecule has 2 rings (SSSR count). The first-order valence-electron chi connectivity index (χ1n) is 7.10. The van der Waals surface area contributed by atoms with Crippen molar-refractivity contribution in [2.24, 2.45) is 0 Å². The minimum atomic E-state index is -0.284. The van der Waals surface area contributed by atoms with Crippen LogP contribution in [0.25, 0.3) is 11.4 Å². The maximum Gasteiger partial charge on any atom is 0.161 e. The Morgan fingerprint density at radius 2 is 2.05 bits per heavy atom. The Morgan fingerprint density at radius 1 is 1.29 bits per heavy atom. The lowest BCUT2D eigenvalue weighted by atomic mass is 10.1. The van der Waals surface area contributed by atoms with E-state index >= 15 is 0 Å². The van der Waals surface area contributed by atoms with E-state index in [4.69, 9.17) is 0 Å². The molecule has 1 aromatic carbocycles. The molecular weight excluding hydrogens is 333 g/mol. The highest BCUT2D eigenvalue weighted by molar-refractivity contribution is 9.10. The Labute approximate surface area is 133 Å². The number of benzene rings is 1. The van der Waals surface area contributed by atoms with E-state index in [1.165, 1.54) is 12.1 Å². The summed E-state index contributed by atoms with van der Waals surface area (Å²) in [7, 11) is 0. The van der Waals surface area contributed by atoms with Crippen molar-refractivity contribution in [3.05, 3.63) is 40.2 Å².